The molecule has 0 fully saturated rings. The number of benzene rings is 16. The van der Waals surface area contributed by atoms with E-state index < -0.39 is 0 Å². The van der Waals surface area contributed by atoms with Crippen molar-refractivity contribution in [1.82, 2.24) is 9.13 Å². The summed E-state index contributed by atoms with van der Waals surface area (Å²) in [5.74, 6) is 0. The molecule has 0 radical (unpaired) electrons. The molecule has 16 aromatic carbocycles. The molecule has 1 aliphatic carbocycles. The van der Waals surface area contributed by atoms with Gasteiger partial charge in [0, 0.05) is 83.3 Å². The van der Waals surface area contributed by atoms with E-state index in [-0.39, 0.29) is 28.4 Å². The number of aromatic nitrogens is 2. The molecule has 0 unspecified atom stereocenters. The number of rotatable bonds is 10. The van der Waals surface area contributed by atoms with Crippen LogP contribution in [0.5, 0.6) is 0 Å². The van der Waals surface area contributed by atoms with Crippen LogP contribution in [0.4, 0.5) is 34.1 Å². The van der Waals surface area contributed by atoms with Gasteiger partial charge in [-0.2, -0.15) is 0 Å². The van der Waals surface area contributed by atoms with Crippen molar-refractivity contribution in [3.05, 3.63) is 380 Å². The molecule has 0 saturated carbocycles. The number of nitrogens with zero attached hydrogens (tertiary/aromatic N) is 4. The highest BCUT2D eigenvalue weighted by Crippen LogP contribution is 2.58. The van der Waals surface area contributed by atoms with Gasteiger partial charge in [0.2, 0.25) is 0 Å². The molecule has 0 spiro atoms. The zero-order valence-electron chi connectivity index (χ0n) is 67.9. The van der Waals surface area contributed by atoms with Gasteiger partial charge < -0.3 is 18.9 Å². The monoisotopic (exact) mass is 1490 g/mol. The average Bonchev–Trinajstić information content (AvgIpc) is 0.723. The van der Waals surface area contributed by atoms with Crippen molar-refractivity contribution in [1.29, 1.82) is 0 Å². The van der Waals surface area contributed by atoms with Crippen molar-refractivity contribution in [2.24, 2.45) is 0 Å². The minimum absolute atomic E-state index is 0.0741. The molecule has 4 nitrogen and oxygen atoms in total. The Balaban J connectivity index is 0.942. The summed E-state index contributed by atoms with van der Waals surface area (Å²) in [4.78, 5) is 5.47. The summed E-state index contributed by atoms with van der Waals surface area (Å²) in [7, 11) is 0. The van der Waals surface area contributed by atoms with E-state index in [9.17, 15) is 0 Å². The van der Waals surface area contributed by atoms with Crippen LogP contribution in [-0.4, -0.2) is 15.8 Å². The van der Waals surface area contributed by atoms with Crippen LogP contribution in [0.1, 0.15) is 104 Å². The SMILES string of the molecule is CC(C)(C)c1ccc2c(c1)c1cc(-c3ccccc3)ccc1n2-c1ccc2c(c1)N(c1c(-c3ccccc3)cccc1-c1ccccc1)c1cc(-c3cccc4c3-c3ccccc3C4(C)C)cc3c1B2c1ccc(-n2c4ccc(C(C)(C)C)cc4c4cc(C(C)(C)C)ccc42)cc1N3c1c(-c2ccccc2)cccc1-c1ccccc1. The summed E-state index contributed by atoms with van der Waals surface area (Å²) < 4.78 is 5.13. The lowest BCUT2D eigenvalue weighted by molar-refractivity contribution is 0.590. The van der Waals surface area contributed by atoms with Gasteiger partial charge in [0.15, 0.2) is 0 Å². The van der Waals surface area contributed by atoms with Gasteiger partial charge in [-0.25, -0.2) is 0 Å². The van der Waals surface area contributed by atoms with Gasteiger partial charge in [0.05, 0.1) is 33.4 Å². The van der Waals surface area contributed by atoms with Crippen molar-refractivity contribution in [2.75, 3.05) is 9.80 Å². The molecule has 0 atom stereocenters. The quantitative estimate of drug-likeness (QED) is 0.127. The number of fused-ring (bicyclic) bond motifs is 13. The maximum absolute atomic E-state index is 2.74. The Morgan fingerprint density at radius 2 is 0.586 bits per heavy atom. The van der Waals surface area contributed by atoms with Gasteiger partial charge in [-0.3, -0.25) is 0 Å². The first-order chi connectivity index (χ1) is 56.2. The van der Waals surface area contributed by atoms with Gasteiger partial charge in [-0.15, -0.1) is 0 Å². The predicted molar refractivity (Wildman–Crippen MR) is 495 cm³/mol. The lowest BCUT2D eigenvalue weighted by atomic mass is 9.33. The second-order valence-corrected chi connectivity index (χ2v) is 36.0. The van der Waals surface area contributed by atoms with Gasteiger partial charge >= 0.3 is 0 Å². The summed E-state index contributed by atoms with van der Waals surface area (Å²) >= 11 is 0. The van der Waals surface area contributed by atoms with Crippen LogP contribution in [0, 0.1) is 0 Å². The summed E-state index contributed by atoms with van der Waals surface area (Å²) in [6, 6.07) is 135. The highest BCUT2D eigenvalue weighted by atomic mass is 15.2. The maximum atomic E-state index is 2.74. The van der Waals surface area contributed by atoms with Crippen molar-refractivity contribution in [2.45, 2.75) is 97.8 Å². The van der Waals surface area contributed by atoms with E-state index >= 15 is 0 Å². The summed E-state index contributed by atoms with van der Waals surface area (Å²) in [5, 5.41) is 4.96. The molecule has 3 aliphatic rings. The zero-order chi connectivity index (χ0) is 78.8. The Bertz CT molecular complexity index is 6820. The minimum Gasteiger partial charge on any atom is -0.310 e. The third kappa shape index (κ3) is 11.2. The topological polar surface area (TPSA) is 16.3 Å². The molecule has 0 saturated heterocycles. The minimum atomic E-state index is -0.299. The van der Waals surface area contributed by atoms with E-state index in [1.807, 2.05) is 0 Å². The van der Waals surface area contributed by atoms with Crippen LogP contribution in [0.3, 0.4) is 0 Å². The fourth-order valence-corrected chi connectivity index (χ4v) is 19.7. The predicted octanol–water partition coefficient (Wildman–Crippen LogP) is 28.2. The Kier molecular flexibility index (Phi) is 16.1. The first-order valence-electron chi connectivity index (χ1n) is 41.2. The molecule has 4 heterocycles. The van der Waals surface area contributed by atoms with E-state index in [1.165, 1.54) is 105 Å². The smallest absolute Gasteiger partial charge is 0.252 e. The van der Waals surface area contributed by atoms with Gasteiger partial charge in [0.1, 0.15) is 0 Å². The highest BCUT2D eigenvalue weighted by molar-refractivity contribution is 7.00. The van der Waals surface area contributed by atoms with E-state index in [1.54, 1.807) is 0 Å². The Hall–Kier alpha value is -13.2. The van der Waals surface area contributed by atoms with Crippen LogP contribution in [0.2, 0.25) is 0 Å². The molecular weight excluding hydrogens is 1400 g/mol. The molecular formula is C111H91BN4. The van der Waals surface area contributed by atoms with Crippen molar-refractivity contribution in [3.8, 4) is 89.3 Å². The van der Waals surface area contributed by atoms with Crippen molar-refractivity contribution < 1.29 is 0 Å². The highest BCUT2D eigenvalue weighted by Gasteiger charge is 2.47. The van der Waals surface area contributed by atoms with E-state index in [0.29, 0.717) is 0 Å². The van der Waals surface area contributed by atoms with Crippen molar-refractivity contribution in [3.63, 3.8) is 0 Å². The largest absolute Gasteiger partial charge is 0.310 e. The summed E-state index contributed by atoms with van der Waals surface area (Å²) in [6.45, 7) is 25.6. The van der Waals surface area contributed by atoms with Crippen LogP contribution in [0.15, 0.2) is 352 Å². The number of anilines is 6. The standard InChI is InChI=1S/C111H91BN4/c1-108(2,3)77-51-59-97-89(65-77)88-62-75(70-32-17-12-18-33-70)50-58-96(88)113(97)80-54-56-94-100(68-80)115(106-83(71-34-19-13-20-35-71)44-29-45-84(106)72-36-21-14-22-37-72)102-63-76(82-43-31-49-93-104(82)87-42-27-28-48-92(87)111(93,10)11)64-103-105(102)112(94)95-57-55-81(114-98-60-52-78(109(4,5)6)66-90(98)91-67-79(110(7,8)9)53-61-99(91)114)69-101(95)116(103)107-85(73-38-23-15-24-39-73)46-30-47-86(107)74-40-25-16-26-41-74/h12-69H,1-11H3. The molecule has 0 amide bonds. The van der Waals surface area contributed by atoms with E-state index in [0.717, 1.165) is 107 Å². The van der Waals surface area contributed by atoms with Gasteiger partial charge in [-0.1, -0.05) is 343 Å². The van der Waals surface area contributed by atoms with Gasteiger partial charge in [0.25, 0.3) is 6.71 Å². The molecule has 558 valence electrons. The lowest BCUT2D eigenvalue weighted by Crippen LogP contribution is -2.61. The molecule has 21 rings (SSSR count). The second kappa shape index (κ2) is 26.4. The number of para-hydroxylation sites is 2. The molecule has 2 aliphatic heterocycles. The Morgan fingerprint density at radius 3 is 0.991 bits per heavy atom. The first kappa shape index (κ1) is 70.6. The fourth-order valence-electron chi connectivity index (χ4n) is 19.7. The molecule has 0 bridgehead atoms. The molecule has 2 aromatic heterocycles. The Labute approximate surface area is 682 Å². The first-order valence-corrected chi connectivity index (χ1v) is 41.2. The third-order valence-corrected chi connectivity index (χ3v) is 25.6. The number of hydrogen-bond acceptors (Lipinski definition) is 2. The van der Waals surface area contributed by atoms with E-state index in [2.05, 4.69) is 447 Å². The molecule has 0 N–H and O–H groups in total. The van der Waals surface area contributed by atoms with E-state index in [4.69, 9.17) is 0 Å². The molecule has 18 aromatic rings. The molecule has 5 heteroatoms. The normalized spacial score (nSPS) is 13.5. The number of hydrogen-bond donors (Lipinski definition) is 0. The second-order valence-electron chi connectivity index (χ2n) is 36.0. The maximum Gasteiger partial charge on any atom is 0.252 e. The summed E-state index contributed by atoms with van der Waals surface area (Å²) in [6.07, 6.45) is 0. The van der Waals surface area contributed by atoms with Crippen LogP contribution in [0.25, 0.3) is 133 Å². The third-order valence-electron chi connectivity index (χ3n) is 25.6. The Morgan fingerprint density at radius 1 is 0.250 bits per heavy atom. The summed E-state index contributed by atoms with van der Waals surface area (Å²) in [5.41, 5.74) is 39.6. The average molecular weight is 1490 g/mol. The fraction of sp³-hybridized carbons (Fsp3) is 0.135. The van der Waals surface area contributed by atoms with Crippen LogP contribution < -0.4 is 26.2 Å². The lowest BCUT2D eigenvalue weighted by Gasteiger charge is -2.46. The zero-order valence-corrected chi connectivity index (χ0v) is 67.9. The molecule has 116 heavy (non-hydrogen) atoms. The van der Waals surface area contributed by atoms with Gasteiger partial charge in [-0.05, 0) is 201 Å². The van der Waals surface area contributed by atoms with Crippen LogP contribution in [-0.2, 0) is 21.7 Å². The van der Waals surface area contributed by atoms with Crippen LogP contribution >= 0.6 is 0 Å². The van der Waals surface area contributed by atoms with Crippen molar-refractivity contribution >= 4 is 101 Å².